The van der Waals surface area contributed by atoms with Crippen LogP contribution in [0.1, 0.15) is 73.6 Å². The van der Waals surface area contributed by atoms with Crippen molar-refractivity contribution >= 4 is 28.6 Å². The Morgan fingerprint density at radius 3 is 1.87 bits per heavy atom. The maximum absolute atomic E-state index is 12.2. The van der Waals surface area contributed by atoms with E-state index in [4.69, 9.17) is 18.3 Å². The molecule has 0 radical (unpaired) electrons. The first-order valence-corrected chi connectivity index (χ1v) is 17.3. The lowest BCUT2D eigenvalue weighted by Gasteiger charge is -2.42. The fraction of sp³-hybridized carbons (Fsp3) is 0.913. The molecule has 1 fully saturated rings. The number of carbonyl (C=O) groups is 2. The molecule has 0 spiro atoms. The Bertz CT molecular complexity index is 619. The van der Waals surface area contributed by atoms with Gasteiger partial charge in [-0.25, -0.2) is 0 Å². The second kappa shape index (κ2) is 10.5. The highest BCUT2D eigenvalue weighted by atomic mass is 28.4. The van der Waals surface area contributed by atoms with Gasteiger partial charge >= 0.3 is 11.9 Å². The standard InChI is InChI=1S/C23H46O6Si2/c1-22(2,3)30(8,9)28-18(14-17-12-13-20(24)27-17)15-19(16-21(25)26-7)29-31(10,11)23(4,5)6/h17-19H,12-16H2,1-11H3/t17-,18-,19-/m0/s1. The van der Waals surface area contributed by atoms with E-state index in [1.807, 2.05) is 0 Å². The molecule has 3 atom stereocenters. The van der Waals surface area contributed by atoms with Crippen LogP contribution in [0.5, 0.6) is 0 Å². The monoisotopic (exact) mass is 474 g/mol. The van der Waals surface area contributed by atoms with Crippen molar-refractivity contribution in [1.82, 2.24) is 0 Å². The van der Waals surface area contributed by atoms with Gasteiger partial charge in [0.05, 0.1) is 25.7 Å². The lowest BCUT2D eigenvalue weighted by atomic mass is 10.0. The van der Waals surface area contributed by atoms with Crippen LogP contribution in [0.2, 0.25) is 36.3 Å². The van der Waals surface area contributed by atoms with E-state index in [1.165, 1.54) is 7.11 Å². The van der Waals surface area contributed by atoms with E-state index in [-0.39, 0.29) is 46.7 Å². The average Bonchev–Trinajstić information content (AvgIpc) is 2.96. The molecule has 0 aromatic rings. The molecule has 1 heterocycles. The van der Waals surface area contributed by atoms with Crippen LogP contribution in [0.3, 0.4) is 0 Å². The quantitative estimate of drug-likeness (QED) is 0.294. The summed E-state index contributed by atoms with van der Waals surface area (Å²) in [5, 5.41) is 0.0773. The third-order valence-electron chi connectivity index (χ3n) is 7.18. The zero-order chi connectivity index (χ0) is 24.3. The largest absolute Gasteiger partial charge is 0.469 e. The normalized spacial score (nSPS) is 20.4. The van der Waals surface area contributed by atoms with Crippen molar-refractivity contribution in [2.24, 2.45) is 0 Å². The molecule has 1 aliphatic rings. The molecule has 8 heteroatoms. The number of methoxy groups -OCH3 is 1. The molecule has 1 aliphatic heterocycles. The van der Waals surface area contributed by atoms with Crippen molar-refractivity contribution in [1.29, 1.82) is 0 Å². The Labute approximate surface area is 192 Å². The van der Waals surface area contributed by atoms with Gasteiger partial charge in [0.2, 0.25) is 0 Å². The number of esters is 2. The van der Waals surface area contributed by atoms with Gasteiger partial charge in [-0.2, -0.15) is 0 Å². The van der Waals surface area contributed by atoms with Crippen LogP contribution in [-0.4, -0.2) is 54.0 Å². The first-order valence-electron chi connectivity index (χ1n) is 11.5. The molecule has 0 saturated carbocycles. The predicted molar refractivity (Wildman–Crippen MR) is 129 cm³/mol. The van der Waals surface area contributed by atoms with E-state index in [2.05, 4.69) is 67.7 Å². The third-order valence-corrected chi connectivity index (χ3v) is 16.2. The van der Waals surface area contributed by atoms with Crippen LogP contribution < -0.4 is 0 Å². The number of hydrogen-bond acceptors (Lipinski definition) is 6. The summed E-state index contributed by atoms with van der Waals surface area (Å²) in [4.78, 5) is 23.8. The van der Waals surface area contributed by atoms with E-state index in [1.54, 1.807) is 0 Å². The fourth-order valence-corrected chi connectivity index (χ4v) is 5.90. The Morgan fingerprint density at radius 2 is 1.48 bits per heavy atom. The molecule has 0 bridgehead atoms. The Hall–Kier alpha value is -0.706. The molecule has 0 aromatic carbocycles. The molecular formula is C23H46O6Si2. The van der Waals surface area contributed by atoms with E-state index in [0.29, 0.717) is 19.3 Å². The SMILES string of the molecule is COC(=O)C[C@H](C[C@H](C[C@@H]1CCC(=O)O1)O[Si](C)(C)C(C)(C)C)O[Si](C)(C)C(C)(C)C. The Kier molecular flexibility index (Phi) is 9.58. The van der Waals surface area contributed by atoms with Crippen LogP contribution in [0.15, 0.2) is 0 Å². The lowest BCUT2D eigenvalue weighted by molar-refractivity contribution is -0.142. The molecule has 6 nitrogen and oxygen atoms in total. The number of rotatable bonds is 10. The van der Waals surface area contributed by atoms with E-state index in [9.17, 15) is 9.59 Å². The number of cyclic esters (lactones) is 1. The average molecular weight is 475 g/mol. The highest BCUT2D eigenvalue weighted by molar-refractivity contribution is 6.74. The number of carbonyl (C=O) groups excluding carboxylic acids is 2. The maximum atomic E-state index is 12.2. The van der Waals surface area contributed by atoms with E-state index >= 15 is 0 Å². The van der Waals surface area contributed by atoms with Crippen molar-refractivity contribution < 1.29 is 27.9 Å². The summed E-state index contributed by atoms with van der Waals surface area (Å²) in [6.07, 6.45) is 2.04. The van der Waals surface area contributed by atoms with Crippen molar-refractivity contribution in [2.45, 2.75) is 128 Å². The zero-order valence-electron chi connectivity index (χ0n) is 21.7. The predicted octanol–water partition coefficient (Wildman–Crippen LogP) is 5.82. The van der Waals surface area contributed by atoms with Gasteiger partial charge in [-0.3, -0.25) is 9.59 Å². The van der Waals surface area contributed by atoms with Gasteiger partial charge in [-0.15, -0.1) is 0 Å². The highest BCUT2D eigenvalue weighted by Gasteiger charge is 2.43. The summed E-state index contributed by atoms with van der Waals surface area (Å²) in [5.74, 6) is -0.415. The van der Waals surface area contributed by atoms with Gasteiger partial charge in [0.25, 0.3) is 0 Å². The third kappa shape index (κ3) is 8.63. The molecule has 0 aliphatic carbocycles. The second-order valence-corrected chi connectivity index (χ2v) is 21.4. The molecule has 31 heavy (non-hydrogen) atoms. The fourth-order valence-electron chi connectivity index (χ4n) is 3.16. The zero-order valence-corrected chi connectivity index (χ0v) is 23.7. The molecule has 0 amide bonds. The summed E-state index contributed by atoms with van der Waals surface area (Å²) in [5.41, 5.74) is 0. The summed E-state index contributed by atoms with van der Waals surface area (Å²) >= 11 is 0. The first-order chi connectivity index (χ1) is 13.9. The van der Waals surface area contributed by atoms with Gasteiger partial charge in [0, 0.05) is 12.8 Å². The van der Waals surface area contributed by atoms with Gasteiger partial charge in [0.15, 0.2) is 16.6 Å². The smallest absolute Gasteiger partial charge is 0.308 e. The highest BCUT2D eigenvalue weighted by Crippen LogP contribution is 2.41. The van der Waals surface area contributed by atoms with Gasteiger partial charge in [-0.1, -0.05) is 41.5 Å². The van der Waals surface area contributed by atoms with Crippen LogP contribution >= 0.6 is 0 Å². The molecule has 0 aromatic heterocycles. The maximum Gasteiger partial charge on any atom is 0.308 e. The number of ether oxygens (including phenoxy) is 2. The van der Waals surface area contributed by atoms with Crippen molar-refractivity contribution in [2.75, 3.05) is 7.11 Å². The van der Waals surface area contributed by atoms with Gasteiger partial charge < -0.3 is 18.3 Å². The molecule has 0 N–H and O–H groups in total. The van der Waals surface area contributed by atoms with Crippen LogP contribution in [0, 0.1) is 0 Å². The van der Waals surface area contributed by atoms with Crippen molar-refractivity contribution in [3.05, 3.63) is 0 Å². The minimum absolute atomic E-state index is 0.0259. The lowest BCUT2D eigenvalue weighted by Crippen LogP contribution is -2.48. The molecule has 0 unspecified atom stereocenters. The van der Waals surface area contributed by atoms with Crippen LogP contribution in [0.4, 0.5) is 0 Å². The topological polar surface area (TPSA) is 71.1 Å². The van der Waals surface area contributed by atoms with E-state index < -0.39 is 16.6 Å². The summed E-state index contributed by atoms with van der Waals surface area (Å²) in [7, 11) is -2.76. The second-order valence-electron chi connectivity index (χ2n) is 11.9. The molecule has 182 valence electrons. The summed E-state index contributed by atoms with van der Waals surface area (Å²) in [6.45, 7) is 22.1. The summed E-state index contributed by atoms with van der Waals surface area (Å²) in [6, 6.07) is 0. The van der Waals surface area contributed by atoms with Crippen LogP contribution in [-0.2, 0) is 27.9 Å². The van der Waals surface area contributed by atoms with Crippen LogP contribution in [0.25, 0.3) is 0 Å². The first kappa shape index (κ1) is 28.3. The Balaban J connectivity index is 3.12. The minimum Gasteiger partial charge on any atom is -0.469 e. The van der Waals surface area contributed by atoms with E-state index in [0.717, 1.165) is 6.42 Å². The van der Waals surface area contributed by atoms with Gasteiger partial charge in [-0.05, 0) is 49.1 Å². The van der Waals surface area contributed by atoms with Gasteiger partial charge in [0.1, 0.15) is 6.10 Å². The molecule has 1 rings (SSSR count). The Morgan fingerprint density at radius 1 is 1.00 bits per heavy atom. The minimum atomic E-state index is -2.10. The van der Waals surface area contributed by atoms with Crippen molar-refractivity contribution in [3.63, 3.8) is 0 Å². The molecule has 1 saturated heterocycles. The number of hydrogen-bond donors (Lipinski definition) is 0. The molecular weight excluding hydrogens is 428 g/mol. The van der Waals surface area contributed by atoms with Crippen molar-refractivity contribution in [3.8, 4) is 0 Å². The summed E-state index contributed by atoms with van der Waals surface area (Å²) < 4.78 is 23.9.